The third-order valence-electron chi connectivity index (χ3n) is 7.19. The van der Waals surface area contributed by atoms with Crippen molar-refractivity contribution in [3.8, 4) is 0 Å². The number of carbonyl (C=O) groups is 3. The molecule has 2 amide bonds. The van der Waals surface area contributed by atoms with Crippen LogP contribution < -0.4 is 5.32 Å². The van der Waals surface area contributed by atoms with E-state index in [1.807, 2.05) is 46.8 Å². The molecule has 1 aromatic heterocycles. The minimum atomic E-state index is -0.276. The Morgan fingerprint density at radius 2 is 1.74 bits per heavy atom. The van der Waals surface area contributed by atoms with Gasteiger partial charge in [0.2, 0.25) is 11.8 Å². The molecule has 1 saturated heterocycles. The second-order valence-corrected chi connectivity index (χ2v) is 10.1. The van der Waals surface area contributed by atoms with Gasteiger partial charge in [-0.1, -0.05) is 35.3 Å². The van der Waals surface area contributed by atoms with E-state index in [0.717, 1.165) is 35.0 Å². The number of nitrogens with zero attached hydrogens (tertiary/aromatic N) is 2. The van der Waals surface area contributed by atoms with Crippen LogP contribution in [-0.2, 0) is 22.1 Å². The Morgan fingerprint density at radius 3 is 2.40 bits per heavy atom. The Morgan fingerprint density at radius 1 is 1.03 bits per heavy atom. The Hall–Kier alpha value is -2.83. The molecule has 3 aromatic rings. The molecule has 1 aliphatic rings. The van der Waals surface area contributed by atoms with Gasteiger partial charge in [-0.05, 0) is 60.6 Å². The lowest BCUT2D eigenvalue weighted by molar-refractivity contribution is -0.130. The van der Waals surface area contributed by atoms with Crippen LogP contribution in [0.5, 0.6) is 0 Å². The van der Waals surface area contributed by atoms with Crippen molar-refractivity contribution in [2.75, 3.05) is 18.4 Å². The molecule has 0 spiro atoms. The Bertz CT molecular complexity index is 1310. The quantitative estimate of drug-likeness (QED) is 0.411. The fourth-order valence-corrected chi connectivity index (χ4v) is 5.54. The van der Waals surface area contributed by atoms with Crippen LogP contribution in [0.2, 0.25) is 10.0 Å². The van der Waals surface area contributed by atoms with Crippen molar-refractivity contribution in [3.63, 3.8) is 0 Å². The third-order valence-corrected chi connectivity index (χ3v) is 8.01. The minimum Gasteiger partial charge on any atom is -0.343 e. The van der Waals surface area contributed by atoms with Crippen LogP contribution in [-0.4, -0.2) is 40.2 Å². The number of aromatic nitrogens is 1. The Kier molecular flexibility index (Phi) is 7.25. The lowest BCUT2D eigenvalue weighted by Gasteiger charge is -2.42. The predicted molar refractivity (Wildman–Crippen MR) is 140 cm³/mol. The zero-order valence-electron chi connectivity index (χ0n) is 20.2. The fourth-order valence-electron chi connectivity index (χ4n) is 5.16. The smallest absolute Gasteiger partial charge is 0.221 e. The number of hydrogen-bond donors (Lipinski definition) is 1. The largest absolute Gasteiger partial charge is 0.343 e. The summed E-state index contributed by atoms with van der Waals surface area (Å²) in [7, 11) is 1.86. The summed E-state index contributed by atoms with van der Waals surface area (Å²) >= 11 is 12.6. The van der Waals surface area contributed by atoms with Crippen LogP contribution in [0.15, 0.2) is 42.5 Å². The maximum atomic E-state index is 13.4. The number of amides is 2. The normalized spacial score (nSPS) is 15.3. The van der Waals surface area contributed by atoms with Crippen molar-refractivity contribution in [1.29, 1.82) is 0 Å². The predicted octanol–water partition coefficient (Wildman–Crippen LogP) is 5.99. The highest BCUT2D eigenvalue weighted by Gasteiger charge is 2.37. The molecule has 1 N–H and O–H groups in total. The maximum Gasteiger partial charge on any atom is 0.221 e. The molecule has 1 aliphatic heterocycles. The van der Waals surface area contributed by atoms with Crippen molar-refractivity contribution in [2.24, 2.45) is 7.05 Å². The highest BCUT2D eigenvalue weighted by Crippen LogP contribution is 2.41. The number of hydrogen-bond acceptors (Lipinski definition) is 3. The molecule has 6 nitrogen and oxygen atoms in total. The van der Waals surface area contributed by atoms with Crippen LogP contribution in [0.4, 0.5) is 5.69 Å². The van der Waals surface area contributed by atoms with E-state index in [2.05, 4.69) is 11.4 Å². The monoisotopic (exact) mass is 513 g/mol. The first kappa shape index (κ1) is 25.3. The SMILES string of the molecule is CC(=O)Nc1cccc(C2(CCC(=O)c3cc4c(Cl)c(Cl)ccc4n3C)CCN(C(C)=O)CC2)c1. The zero-order valence-corrected chi connectivity index (χ0v) is 21.7. The summed E-state index contributed by atoms with van der Waals surface area (Å²) in [6.45, 7) is 4.34. The van der Waals surface area contributed by atoms with Gasteiger partial charge in [0, 0.05) is 57.0 Å². The number of halogens is 2. The first-order valence-corrected chi connectivity index (χ1v) is 12.5. The van der Waals surface area contributed by atoms with E-state index < -0.39 is 0 Å². The lowest BCUT2D eigenvalue weighted by atomic mass is 9.69. The summed E-state index contributed by atoms with van der Waals surface area (Å²) in [4.78, 5) is 38.8. The number of piperidine rings is 1. The van der Waals surface area contributed by atoms with E-state index in [-0.39, 0.29) is 23.0 Å². The topological polar surface area (TPSA) is 71.4 Å². The molecule has 0 radical (unpaired) electrons. The number of carbonyl (C=O) groups excluding carboxylic acids is 3. The average molecular weight is 514 g/mol. The molecule has 184 valence electrons. The summed E-state index contributed by atoms with van der Waals surface area (Å²) in [5.74, 6) is -0.0395. The first-order valence-electron chi connectivity index (χ1n) is 11.7. The molecule has 0 saturated carbocycles. The molecule has 35 heavy (non-hydrogen) atoms. The minimum absolute atomic E-state index is 0.0299. The highest BCUT2D eigenvalue weighted by atomic mass is 35.5. The van der Waals surface area contributed by atoms with Gasteiger partial charge in [-0.25, -0.2) is 0 Å². The van der Waals surface area contributed by atoms with Crippen LogP contribution in [0.25, 0.3) is 10.9 Å². The van der Waals surface area contributed by atoms with Crippen molar-refractivity contribution in [3.05, 3.63) is 63.8 Å². The van der Waals surface area contributed by atoms with Crippen LogP contribution >= 0.6 is 23.2 Å². The Labute approximate surface area is 215 Å². The van der Waals surface area contributed by atoms with Crippen molar-refractivity contribution < 1.29 is 14.4 Å². The summed E-state index contributed by atoms with van der Waals surface area (Å²) < 4.78 is 1.86. The molecule has 2 aromatic carbocycles. The molecular formula is C27H29Cl2N3O3. The molecule has 0 aliphatic carbocycles. The van der Waals surface area contributed by atoms with Gasteiger partial charge in [-0.3, -0.25) is 14.4 Å². The Balaban J connectivity index is 1.62. The number of fused-ring (bicyclic) bond motifs is 1. The zero-order chi connectivity index (χ0) is 25.3. The van der Waals surface area contributed by atoms with Gasteiger partial charge < -0.3 is 14.8 Å². The second-order valence-electron chi connectivity index (χ2n) is 9.35. The molecule has 2 heterocycles. The molecule has 1 fully saturated rings. The number of nitrogens with one attached hydrogen (secondary N) is 1. The summed E-state index contributed by atoms with van der Waals surface area (Å²) in [6.07, 6.45) is 2.48. The summed E-state index contributed by atoms with van der Waals surface area (Å²) in [5.41, 5.74) is 2.98. The van der Waals surface area contributed by atoms with Crippen molar-refractivity contribution in [2.45, 2.75) is 44.9 Å². The van der Waals surface area contributed by atoms with E-state index in [1.165, 1.54) is 6.92 Å². The lowest BCUT2D eigenvalue weighted by Crippen LogP contribution is -2.44. The third kappa shape index (κ3) is 5.09. The molecular weight excluding hydrogens is 485 g/mol. The fraction of sp³-hybridized carbons (Fsp3) is 0.370. The van der Waals surface area contributed by atoms with Crippen LogP contribution in [0.1, 0.15) is 55.6 Å². The van der Waals surface area contributed by atoms with E-state index in [0.29, 0.717) is 41.7 Å². The molecule has 4 rings (SSSR count). The van der Waals surface area contributed by atoms with Crippen molar-refractivity contribution in [1.82, 2.24) is 9.47 Å². The van der Waals surface area contributed by atoms with Gasteiger partial charge in [0.25, 0.3) is 0 Å². The van der Waals surface area contributed by atoms with Crippen LogP contribution in [0.3, 0.4) is 0 Å². The number of likely N-dealkylation sites (tertiary alicyclic amines) is 1. The number of aryl methyl sites for hydroxylation is 1. The highest BCUT2D eigenvalue weighted by molar-refractivity contribution is 6.45. The van der Waals surface area contributed by atoms with Crippen molar-refractivity contribution >= 4 is 57.4 Å². The van der Waals surface area contributed by atoms with Gasteiger partial charge in [0.15, 0.2) is 5.78 Å². The van der Waals surface area contributed by atoms with Crippen LogP contribution in [0, 0.1) is 0 Å². The molecule has 0 unspecified atom stereocenters. The van der Waals surface area contributed by atoms with Gasteiger partial charge >= 0.3 is 0 Å². The number of rotatable bonds is 6. The standard InChI is InChI=1S/C27H29Cl2N3O3/c1-17(33)30-20-6-4-5-19(15-20)27(11-13-32(14-12-27)18(2)34)10-9-25(35)24-16-21-23(31(24)3)8-7-22(28)26(21)29/h4-8,15-16H,9-14H2,1-3H3,(H,30,33). The van der Waals surface area contributed by atoms with Gasteiger partial charge in [-0.15, -0.1) is 0 Å². The van der Waals surface area contributed by atoms with Gasteiger partial charge in [-0.2, -0.15) is 0 Å². The number of anilines is 1. The average Bonchev–Trinajstić information content (AvgIpc) is 3.17. The summed E-state index contributed by atoms with van der Waals surface area (Å²) in [5, 5.41) is 4.52. The molecule has 8 heteroatoms. The number of ketones is 1. The van der Waals surface area contributed by atoms with E-state index in [9.17, 15) is 14.4 Å². The maximum absolute atomic E-state index is 13.4. The van der Waals surface area contributed by atoms with E-state index in [4.69, 9.17) is 23.2 Å². The first-order chi connectivity index (χ1) is 16.6. The molecule has 0 bridgehead atoms. The van der Waals surface area contributed by atoms with E-state index in [1.54, 1.807) is 13.0 Å². The van der Waals surface area contributed by atoms with E-state index >= 15 is 0 Å². The second kappa shape index (κ2) is 10.0. The number of benzene rings is 2. The van der Waals surface area contributed by atoms with Gasteiger partial charge in [0.1, 0.15) is 0 Å². The molecule has 0 atom stereocenters. The summed E-state index contributed by atoms with van der Waals surface area (Å²) in [6, 6.07) is 13.3. The number of Topliss-reactive ketones (excluding diaryl/α,β-unsaturated/α-hetero) is 1. The van der Waals surface area contributed by atoms with Gasteiger partial charge in [0.05, 0.1) is 15.7 Å².